The van der Waals surface area contributed by atoms with E-state index in [2.05, 4.69) is 10.6 Å². The molecule has 5 heteroatoms. The van der Waals surface area contributed by atoms with Gasteiger partial charge < -0.3 is 10.6 Å². The lowest BCUT2D eigenvalue weighted by Crippen LogP contribution is -2.27. The fourth-order valence-corrected chi connectivity index (χ4v) is 4.53. The number of hydrogen-bond donors (Lipinski definition) is 2. The smallest absolute Gasteiger partial charge is 0.163 e. The van der Waals surface area contributed by atoms with E-state index < -0.39 is 6.04 Å². The molecule has 0 aromatic heterocycles. The van der Waals surface area contributed by atoms with Crippen molar-refractivity contribution in [3.8, 4) is 0 Å². The summed E-state index contributed by atoms with van der Waals surface area (Å²) in [6, 6.07) is 21.5. The van der Waals surface area contributed by atoms with E-state index in [-0.39, 0.29) is 17.5 Å². The van der Waals surface area contributed by atoms with E-state index in [0.717, 1.165) is 22.6 Å². The molecule has 2 N–H and O–H groups in total. The van der Waals surface area contributed by atoms with E-state index in [0.29, 0.717) is 29.0 Å². The summed E-state index contributed by atoms with van der Waals surface area (Å²) < 4.78 is 14.7. The number of anilines is 2. The second-order valence-corrected chi connectivity index (χ2v) is 8.18. The molecule has 0 amide bonds. The van der Waals surface area contributed by atoms with Crippen molar-refractivity contribution in [1.82, 2.24) is 0 Å². The molecule has 2 aliphatic rings. The summed E-state index contributed by atoms with van der Waals surface area (Å²) in [6.07, 6.45) is 1.05. The summed E-state index contributed by atoms with van der Waals surface area (Å²) in [5.74, 6) is -0.251. The minimum atomic E-state index is -0.545. The molecule has 1 aliphatic carbocycles. The van der Waals surface area contributed by atoms with Crippen molar-refractivity contribution in [2.24, 2.45) is 0 Å². The second-order valence-electron chi connectivity index (χ2n) is 7.74. The van der Waals surface area contributed by atoms with E-state index in [9.17, 15) is 9.18 Å². The molecule has 1 heterocycles. The first-order valence-electron chi connectivity index (χ1n) is 9.99. The first kappa shape index (κ1) is 18.9. The molecule has 1 aliphatic heterocycles. The van der Waals surface area contributed by atoms with Gasteiger partial charge in [0.2, 0.25) is 0 Å². The molecule has 0 fully saturated rings. The predicted octanol–water partition coefficient (Wildman–Crippen LogP) is 6.46. The molecule has 0 spiro atoms. The molecule has 2 unspecified atom stereocenters. The van der Waals surface area contributed by atoms with Crippen molar-refractivity contribution in [2.45, 2.75) is 24.8 Å². The Morgan fingerprint density at radius 2 is 1.57 bits per heavy atom. The van der Waals surface area contributed by atoms with Crippen molar-refractivity contribution in [3.63, 3.8) is 0 Å². The Bertz CT molecular complexity index is 1160. The molecular formula is C25H20ClFN2O. The molecule has 3 aromatic rings. The zero-order chi connectivity index (χ0) is 20.7. The summed E-state index contributed by atoms with van der Waals surface area (Å²) in [5.41, 5.74) is 4.73. The minimum Gasteiger partial charge on any atom is -0.372 e. The van der Waals surface area contributed by atoms with E-state index in [1.165, 1.54) is 6.07 Å². The van der Waals surface area contributed by atoms with Crippen molar-refractivity contribution in [1.29, 1.82) is 0 Å². The van der Waals surface area contributed by atoms with Crippen molar-refractivity contribution in [2.75, 3.05) is 10.6 Å². The molecule has 0 bridgehead atoms. The lowest BCUT2D eigenvalue weighted by molar-refractivity contribution is -0.116. The number of benzene rings is 3. The number of ketones is 1. The molecule has 150 valence electrons. The lowest BCUT2D eigenvalue weighted by atomic mass is 9.78. The maximum absolute atomic E-state index is 14.7. The molecular weight excluding hydrogens is 399 g/mol. The molecule has 3 nitrogen and oxygen atoms in total. The fourth-order valence-electron chi connectivity index (χ4n) is 4.41. The number of Topliss-reactive ketones (excluding diaryl/α,β-unsaturated/α-hetero) is 1. The van der Waals surface area contributed by atoms with Crippen LogP contribution < -0.4 is 10.6 Å². The predicted molar refractivity (Wildman–Crippen MR) is 118 cm³/mol. The zero-order valence-corrected chi connectivity index (χ0v) is 16.9. The average molecular weight is 419 g/mol. The highest BCUT2D eigenvalue weighted by Crippen LogP contribution is 2.44. The number of hydrogen-bond acceptors (Lipinski definition) is 3. The standard InChI is InChI=1S/C25H20ClFN2O/c26-17-11-9-15(10-12-17)16-13-22-24(23(30)14-16)25(18-5-1-2-6-19(18)27)29-21-8-4-3-7-20(21)28-22/h1-12,16,25,28-29H,13-14H2. The van der Waals surface area contributed by atoms with Gasteiger partial charge in [0.1, 0.15) is 5.82 Å². The van der Waals surface area contributed by atoms with E-state index in [4.69, 9.17) is 11.6 Å². The van der Waals surface area contributed by atoms with E-state index >= 15 is 0 Å². The normalized spacial score (nSPS) is 20.5. The van der Waals surface area contributed by atoms with Crippen LogP contribution in [0.2, 0.25) is 5.02 Å². The van der Waals surface area contributed by atoms with Crippen LogP contribution in [0.5, 0.6) is 0 Å². The van der Waals surface area contributed by atoms with Gasteiger partial charge in [0.15, 0.2) is 5.78 Å². The van der Waals surface area contributed by atoms with Crippen LogP contribution in [0.4, 0.5) is 15.8 Å². The Balaban J connectivity index is 1.62. The van der Waals surface area contributed by atoms with Crippen LogP contribution >= 0.6 is 11.6 Å². The van der Waals surface area contributed by atoms with Gasteiger partial charge in [0.25, 0.3) is 0 Å². The number of nitrogens with one attached hydrogen (secondary N) is 2. The maximum Gasteiger partial charge on any atom is 0.163 e. The number of halogens is 2. The van der Waals surface area contributed by atoms with Crippen LogP contribution in [-0.2, 0) is 4.79 Å². The second kappa shape index (κ2) is 7.62. The SMILES string of the molecule is O=C1CC(c2ccc(Cl)cc2)CC2=C1C(c1ccccc1F)Nc1ccccc1N2. The lowest BCUT2D eigenvalue weighted by Gasteiger charge is -2.30. The van der Waals surface area contributed by atoms with E-state index in [1.54, 1.807) is 18.2 Å². The van der Waals surface area contributed by atoms with Crippen LogP contribution in [0.3, 0.4) is 0 Å². The van der Waals surface area contributed by atoms with Crippen molar-refractivity contribution >= 4 is 28.8 Å². The van der Waals surface area contributed by atoms with Crippen molar-refractivity contribution < 1.29 is 9.18 Å². The van der Waals surface area contributed by atoms with Crippen LogP contribution in [-0.4, -0.2) is 5.78 Å². The highest BCUT2D eigenvalue weighted by atomic mass is 35.5. The third-order valence-corrected chi connectivity index (χ3v) is 6.12. The Hall–Kier alpha value is -3.11. The first-order chi connectivity index (χ1) is 14.6. The number of carbonyl (C=O) groups excluding carboxylic acids is 1. The summed E-state index contributed by atoms with van der Waals surface area (Å²) in [6.45, 7) is 0. The monoisotopic (exact) mass is 418 g/mol. The van der Waals surface area contributed by atoms with Crippen LogP contribution in [0, 0.1) is 5.82 Å². The zero-order valence-electron chi connectivity index (χ0n) is 16.2. The van der Waals surface area contributed by atoms with Gasteiger partial charge >= 0.3 is 0 Å². The highest BCUT2D eigenvalue weighted by molar-refractivity contribution is 6.30. The Morgan fingerprint density at radius 3 is 2.33 bits per heavy atom. The molecule has 5 rings (SSSR count). The number of rotatable bonds is 2. The van der Waals surface area contributed by atoms with Gasteiger partial charge in [-0.2, -0.15) is 0 Å². The quantitative estimate of drug-likeness (QED) is 0.501. The molecule has 0 saturated carbocycles. The van der Waals surface area contributed by atoms with Crippen LogP contribution in [0.25, 0.3) is 0 Å². The summed E-state index contributed by atoms with van der Waals surface area (Å²) >= 11 is 6.04. The number of allylic oxidation sites excluding steroid dienone is 1. The van der Waals surface area contributed by atoms with Gasteiger partial charge in [0.05, 0.1) is 17.4 Å². The Morgan fingerprint density at radius 1 is 0.867 bits per heavy atom. The summed E-state index contributed by atoms with van der Waals surface area (Å²) in [4.78, 5) is 13.4. The first-order valence-corrected chi connectivity index (χ1v) is 10.4. The fraction of sp³-hybridized carbons (Fsp3) is 0.160. The molecule has 2 atom stereocenters. The van der Waals surface area contributed by atoms with Crippen LogP contribution in [0.1, 0.15) is 35.9 Å². The number of para-hydroxylation sites is 2. The van der Waals surface area contributed by atoms with Gasteiger partial charge in [-0.05, 0) is 48.2 Å². The summed E-state index contributed by atoms with van der Waals surface area (Å²) in [7, 11) is 0. The molecule has 0 saturated heterocycles. The van der Waals surface area contributed by atoms with Gasteiger partial charge in [-0.15, -0.1) is 0 Å². The van der Waals surface area contributed by atoms with E-state index in [1.807, 2.05) is 48.5 Å². The molecule has 30 heavy (non-hydrogen) atoms. The molecule has 3 aromatic carbocycles. The number of fused-ring (bicyclic) bond motifs is 1. The highest BCUT2D eigenvalue weighted by Gasteiger charge is 2.36. The average Bonchev–Trinajstić information content (AvgIpc) is 2.91. The van der Waals surface area contributed by atoms with Gasteiger partial charge in [-0.1, -0.05) is 54.1 Å². The third-order valence-electron chi connectivity index (χ3n) is 5.87. The topological polar surface area (TPSA) is 41.1 Å². The van der Waals surface area contributed by atoms with Crippen molar-refractivity contribution in [3.05, 3.63) is 106 Å². The summed E-state index contributed by atoms with van der Waals surface area (Å²) in [5, 5.41) is 7.55. The number of carbonyl (C=O) groups is 1. The third kappa shape index (κ3) is 3.37. The molecule has 0 radical (unpaired) electrons. The van der Waals surface area contributed by atoms with Crippen LogP contribution in [0.15, 0.2) is 84.1 Å². The minimum absolute atomic E-state index is 0.0252. The largest absolute Gasteiger partial charge is 0.372 e. The van der Waals surface area contributed by atoms with Gasteiger partial charge in [0, 0.05) is 28.3 Å². The maximum atomic E-state index is 14.7. The Labute approximate surface area is 179 Å². The van der Waals surface area contributed by atoms with Gasteiger partial charge in [-0.3, -0.25) is 4.79 Å². The van der Waals surface area contributed by atoms with Gasteiger partial charge in [-0.25, -0.2) is 4.39 Å². The Kier molecular flexibility index (Phi) is 4.80.